The molecule has 2 aromatic rings. The van der Waals surface area contributed by atoms with Gasteiger partial charge in [-0.3, -0.25) is 4.79 Å². The van der Waals surface area contributed by atoms with Crippen LogP contribution in [0.25, 0.3) is 10.8 Å². The molecule has 1 fully saturated rings. The fraction of sp³-hybridized carbons (Fsp3) is 0.421. The van der Waals surface area contributed by atoms with Crippen LogP contribution in [0.1, 0.15) is 26.2 Å². The highest BCUT2D eigenvalue weighted by Gasteiger charge is 2.19. The van der Waals surface area contributed by atoms with Gasteiger partial charge in [0.15, 0.2) is 0 Å². The molecule has 1 heterocycles. The zero-order valence-corrected chi connectivity index (χ0v) is 13.3. The van der Waals surface area contributed by atoms with Gasteiger partial charge in [-0.05, 0) is 41.7 Å². The molecule has 3 heteroatoms. The first kappa shape index (κ1) is 15.0. The number of benzene rings is 2. The SMILES string of the molecule is CC1CC[NH+](CCC(=O)Nc2ccc3ccccc3c2)CC1. The highest BCUT2D eigenvalue weighted by molar-refractivity contribution is 5.94. The van der Waals surface area contributed by atoms with Crippen LogP contribution in [-0.4, -0.2) is 25.5 Å². The lowest BCUT2D eigenvalue weighted by Gasteiger charge is -2.27. The van der Waals surface area contributed by atoms with Crippen molar-refractivity contribution >= 4 is 22.4 Å². The number of rotatable bonds is 4. The maximum Gasteiger partial charge on any atom is 0.230 e. The van der Waals surface area contributed by atoms with Crippen LogP contribution in [0.5, 0.6) is 0 Å². The molecule has 0 bridgehead atoms. The molecule has 1 aliphatic heterocycles. The molecule has 1 aliphatic rings. The summed E-state index contributed by atoms with van der Waals surface area (Å²) in [5.41, 5.74) is 0.894. The lowest BCUT2D eigenvalue weighted by atomic mass is 9.99. The zero-order chi connectivity index (χ0) is 15.4. The van der Waals surface area contributed by atoms with Gasteiger partial charge in [-0.2, -0.15) is 0 Å². The van der Waals surface area contributed by atoms with Crippen molar-refractivity contribution in [2.24, 2.45) is 5.92 Å². The second-order valence-corrected chi connectivity index (χ2v) is 6.54. The monoisotopic (exact) mass is 297 g/mol. The Balaban J connectivity index is 1.52. The molecular weight excluding hydrogens is 272 g/mol. The van der Waals surface area contributed by atoms with Crippen LogP contribution in [0, 0.1) is 5.92 Å². The standard InChI is InChI=1S/C19H24N2O/c1-15-8-11-21(12-9-15)13-10-19(22)20-18-7-6-16-4-2-3-5-17(16)14-18/h2-7,14-15H,8-13H2,1H3,(H,20,22)/p+1. The van der Waals surface area contributed by atoms with E-state index in [0.717, 1.165) is 23.5 Å². The van der Waals surface area contributed by atoms with Gasteiger partial charge in [0.05, 0.1) is 26.1 Å². The van der Waals surface area contributed by atoms with E-state index in [0.29, 0.717) is 6.42 Å². The fourth-order valence-corrected chi connectivity index (χ4v) is 3.20. The lowest BCUT2D eigenvalue weighted by Crippen LogP contribution is -3.13. The van der Waals surface area contributed by atoms with E-state index in [4.69, 9.17) is 0 Å². The van der Waals surface area contributed by atoms with Crippen LogP contribution in [0.2, 0.25) is 0 Å². The molecule has 3 nitrogen and oxygen atoms in total. The van der Waals surface area contributed by atoms with Crippen molar-refractivity contribution < 1.29 is 9.69 Å². The van der Waals surface area contributed by atoms with Crippen LogP contribution < -0.4 is 10.2 Å². The minimum absolute atomic E-state index is 0.126. The number of hydrogen-bond donors (Lipinski definition) is 2. The van der Waals surface area contributed by atoms with Crippen LogP contribution in [0.3, 0.4) is 0 Å². The van der Waals surface area contributed by atoms with Crippen LogP contribution in [0.4, 0.5) is 5.69 Å². The Bertz CT molecular complexity index is 645. The van der Waals surface area contributed by atoms with E-state index in [9.17, 15) is 4.79 Å². The van der Waals surface area contributed by atoms with Crippen LogP contribution in [-0.2, 0) is 4.79 Å². The van der Waals surface area contributed by atoms with E-state index in [-0.39, 0.29) is 5.91 Å². The molecule has 0 radical (unpaired) electrons. The predicted molar refractivity (Wildman–Crippen MR) is 91.2 cm³/mol. The Morgan fingerprint density at radius 2 is 1.86 bits per heavy atom. The minimum Gasteiger partial charge on any atom is -0.334 e. The maximum atomic E-state index is 12.1. The summed E-state index contributed by atoms with van der Waals surface area (Å²) in [7, 11) is 0. The molecular formula is C19H25N2O+. The van der Waals surface area contributed by atoms with Gasteiger partial charge >= 0.3 is 0 Å². The fourth-order valence-electron chi connectivity index (χ4n) is 3.20. The number of amides is 1. The third-order valence-corrected chi connectivity index (χ3v) is 4.72. The van der Waals surface area contributed by atoms with Gasteiger partial charge in [0.25, 0.3) is 0 Å². The van der Waals surface area contributed by atoms with E-state index < -0.39 is 0 Å². The summed E-state index contributed by atoms with van der Waals surface area (Å²) in [5.74, 6) is 0.983. The Labute approximate surface area is 132 Å². The van der Waals surface area contributed by atoms with Crippen molar-refractivity contribution in [2.75, 3.05) is 25.0 Å². The molecule has 2 N–H and O–H groups in total. The molecule has 3 rings (SSSR count). The topological polar surface area (TPSA) is 33.5 Å². The first-order chi connectivity index (χ1) is 10.7. The molecule has 1 saturated heterocycles. The average Bonchev–Trinajstić information content (AvgIpc) is 2.54. The number of quaternary nitrogens is 1. The summed E-state index contributed by atoms with van der Waals surface area (Å²) < 4.78 is 0. The molecule has 0 aliphatic carbocycles. The molecule has 2 aromatic carbocycles. The summed E-state index contributed by atoms with van der Waals surface area (Å²) >= 11 is 0. The van der Waals surface area contributed by atoms with Gasteiger partial charge in [-0.1, -0.05) is 37.3 Å². The van der Waals surface area contributed by atoms with Gasteiger partial charge in [0.1, 0.15) is 0 Å². The van der Waals surface area contributed by atoms with Crippen molar-refractivity contribution in [1.29, 1.82) is 0 Å². The number of hydrogen-bond acceptors (Lipinski definition) is 1. The number of anilines is 1. The second-order valence-electron chi connectivity index (χ2n) is 6.54. The summed E-state index contributed by atoms with van der Waals surface area (Å²) in [5, 5.41) is 5.39. The lowest BCUT2D eigenvalue weighted by molar-refractivity contribution is -0.905. The number of carbonyl (C=O) groups excluding carboxylic acids is 1. The molecule has 0 aromatic heterocycles. The molecule has 1 amide bonds. The van der Waals surface area contributed by atoms with Crippen LogP contribution >= 0.6 is 0 Å². The number of nitrogens with one attached hydrogen (secondary N) is 2. The summed E-state index contributed by atoms with van der Waals surface area (Å²) in [6.45, 7) is 5.70. The molecule has 116 valence electrons. The average molecular weight is 297 g/mol. The zero-order valence-electron chi connectivity index (χ0n) is 13.3. The van der Waals surface area contributed by atoms with Crippen molar-refractivity contribution in [1.82, 2.24) is 0 Å². The number of fused-ring (bicyclic) bond motifs is 1. The molecule has 0 unspecified atom stereocenters. The van der Waals surface area contributed by atoms with Gasteiger partial charge < -0.3 is 10.2 Å². The quantitative estimate of drug-likeness (QED) is 0.893. The van der Waals surface area contributed by atoms with E-state index in [1.807, 2.05) is 24.3 Å². The summed E-state index contributed by atoms with van der Waals surface area (Å²) in [6.07, 6.45) is 3.19. The summed E-state index contributed by atoms with van der Waals surface area (Å²) in [4.78, 5) is 13.7. The number of carbonyl (C=O) groups is 1. The predicted octanol–water partition coefficient (Wildman–Crippen LogP) is 2.48. The maximum absolute atomic E-state index is 12.1. The first-order valence-electron chi connectivity index (χ1n) is 8.33. The summed E-state index contributed by atoms with van der Waals surface area (Å²) in [6, 6.07) is 14.3. The number of likely N-dealkylation sites (tertiary alicyclic amines) is 1. The Hall–Kier alpha value is -1.87. The largest absolute Gasteiger partial charge is 0.334 e. The van der Waals surface area contributed by atoms with E-state index >= 15 is 0 Å². The molecule has 0 spiro atoms. The minimum atomic E-state index is 0.126. The molecule has 0 atom stereocenters. The number of piperidine rings is 1. The Morgan fingerprint density at radius 1 is 1.14 bits per heavy atom. The Morgan fingerprint density at radius 3 is 2.64 bits per heavy atom. The van der Waals surface area contributed by atoms with Crippen molar-refractivity contribution in [2.45, 2.75) is 26.2 Å². The van der Waals surface area contributed by atoms with Gasteiger partial charge in [-0.15, -0.1) is 0 Å². The van der Waals surface area contributed by atoms with Gasteiger partial charge in [0.2, 0.25) is 5.91 Å². The van der Waals surface area contributed by atoms with Crippen molar-refractivity contribution in [3.05, 3.63) is 42.5 Å². The third-order valence-electron chi connectivity index (χ3n) is 4.72. The van der Waals surface area contributed by atoms with Crippen molar-refractivity contribution in [3.8, 4) is 0 Å². The van der Waals surface area contributed by atoms with Gasteiger partial charge in [-0.25, -0.2) is 0 Å². The molecule has 0 saturated carbocycles. The van der Waals surface area contributed by atoms with E-state index in [2.05, 4.69) is 30.4 Å². The third kappa shape index (κ3) is 3.86. The van der Waals surface area contributed by atoms with Crippen molar-refractivity contribution in [3.63, 3.8) is 0 Å². The van der Waals surface area contributed by atoms with E-state index in [1.165, 1.54) is 31.3 Å². The first-order valence-corrected chi connectivity index (χ1v) is 8.33. The normalized spacial score (nSPS) is 21.7. The smallest absolute Gasteiger partial charge is 0.230 e. The van der Waals surface area contributed by atoms with E-state index in [1.54, 1.807) is 4.90 Å². The molecule has 22 heavy (non-hydrogen) atoms. The highest BCUT2D eigenvalue weighted by Crippen LogP contribution is 2.18. The second kappa shape index (κ2) is 6.93. The highest BCUT2D eigenvalue weighted by atomic mass is 16.1. The van der Waals surface area contributed by atoms with Gasteiger partial charge in [0, 0.05) is 5.69 Å². The van der Waals surface area contributed by atoms with Crippen LogP contribution in [0.15, 0.2) is 42.5 Å². The Kier molecular flexibility index (Phi) is 4.74.